The molecule has 0 saturated heterocycles. The lowest BCUT2D eigenvalue weighted by Gasteiger charge is -2.32. The molecule has 3 aromatic rings. The molecule has 0 saturated carbocycles. The number of primary amides is 1. The van der Waals surface area contributed by atoms with Crippen molar-refractivity contribution in [1.82, 2.24) is 9.97 Å². The standard InChI is InChI=1S/C24H28ClN5O/c1-3-29(4-2)23-9-5-8-20(28-23)17-30(21-12-10-19(25)11-13-21)22(24(26)31)15-18-7-6-14-27-16-18/h5-14,16,22H,3-4,15,17H2,1-2H3,(H2,26,31)/t22-/m0/s1. The van der Waals surface area contributed by atoms with Crippen molar-refractivity contribution in [2.45, 2.75) is 32.9 Å². The van der Waals surface area contributed by atoms with Crippen LogP contribution >= 0.6 is 11.6 Å². The van der Waals surface area contributed by atoms with E-state index >= 15 is 0 Å². The van der Waals surface area contributed by atoms with Crippen molar-refractivity contribution in [2.24, 2.45) is 5.73 Å². The molecule has 0 aliphatic carbocycles. The largest absolute Gasteiger partial charge is 0.368 e. The van der Waals surface area contributed by atoms with Crippen molar-refractivity contribution in [3.63, 3.8) is 0 Å². The van der Waals surface area contributed by atoms with Crippen molar-refractivity contribution < 1.29 is 4.79 Å². The van der Waals surface area contributed by atoms with Gasteiger partial charge in [0.15, 0.2) is 0 Å². The van der Waals surface area contributed by atoms with E-state index in [2.05, 4.69) is 23.7 Å². The quantitative estimate of drug-likeness (QED) is 0.517. The van der Waals surface area contributed by atoms with Gasteiger partial charge >= 0.3 is 0 Å². The molecule has 1 aromatic carbocycles. The third-order valence-corrected chi connectivity index (χ3v) is 5.48. The van der Waals surface area contributed by atoms with E-state index in [1.54, 1.807) is 12.4 Å². The molecule has 0 bridgehead atoms. The number of amides is 1. The Balaban J connectivity index is 1.97. The van der Waals surface area contributed by atoms with Gasteiger partial charge in [0.1, 0.15) is 11.9 Å². The zero-order valence-corrected chi connectivity index (χ0v) is 18.7. The summed E-state index contributed by atoms with van der Waals surface area (Å²) >= 11 is 6.10. The number of pyridine rings is 2. The molecule has 2 aromatic heterocycles. The van der Waals surface area contributed by atoms with Crippen molar-refractivity contribution >= 4 is 29.0 Å². The van der Waals surface area contributed by atoms with Gasteiger partial charge in [0.05, 0.1) is 12.2 Å². The maximum atomic E-state index is 12.5. The number of halogens is 1. The van der Waals surface area contributed by atoms with Crippen LogP contribution < -0.4 is 15.5 Å². The molecule has 7 heteroatoms. The average molecular weight is 438 g/mol. The van der Waals surface area contributed by atoms with E-state index in [0.29, 0.717) is 18.0 Å². The summed E-state index contributed by atoms with van der Waals surface area (Å²) in [7, 11) is 0. The lowest BCUT2D eigenvalue weighted by Crippen LogP contribution is -2.46. The van der Waals surface area contributed by atoms with E-state index in [1.165, 1.54) is 0 Å². The van der Waals surface area contributed by atoms with Crippen LogP contribution in [0.2, 0.25) is 5.02 Å². The summed E-state index contributed by atoms with van der Waals surface area (Å²) in [4.78, 5) is 25.7. The maximum Gasteiger partial charge on any atom is 0.240 e. The highest BCUT2D eigenvalue weighted by atomic mass is 35.5. The van der Waals surface area contributed by atoms with Crippen LogP contribution in [0.5, 0.6) is 0 Å². The fourth-order valence-corrected chi connectivity index (χ4v) is 3.70. The van der Waals surface area contributed by atoms with E-state index in [9.17, 15) is 4.79 Å². The van der Waals surface area contributed by atoms with Crippen LogP contribution in [0.25, 0.3) is 0 Å². The summed E-state index contributed by atoms with van der Waals surface area (Å²) in [5.74, 6) is 0.514. The first kappa shape index (κ1) is 22.6. The number of carbonyl (C=O) groups is 1. The molecule has 3 rings (SSSR count). The second-order valence-corrected chi connectivity index (χ2v) is 7.68. The highest BCUT2D eigenvalue weighted by Gasteiger charge is 2.26. The summed E-state index contributed by atoms with van der Waals surface area (Å²) in [5, 5.41) is 0.633. The van der Waals surface area contributed by atoms with E-state index in [0.717, 1.165) is 35.9 Å². The zero-order chi connectivity index (χ0) is 22.2. The highest BCUT2D eigenvalue weighted by molar-refractivity contribution is 6.30. The minimum absolute atomic E-state index is 0.404. The number of carbonyl (C=O) groups excluding carboxylic acids is 1. The fourth-order valence-electron chi connectivity index (χ4n) is 3.57. The number of aromatic nitrogens is 2. The number of nitrogens with zero attached hydrogens (tertiary/aromatic N) is 4. The van der Waals surface area contributed by atoms with E-state index in [4.69, 9.17) is 22.3 Å². The topological polar surface area (TPSA) is 75.3 Å². The van der Waals surface area contributed by atoms with Gasteiger partial charge in [0.2, 0.25) is 5.91 Å². The third kappa shape index (κ3) is 5.95. The van der Waals surface area contributed by atoms with Gasteiger partial charge in [0, 0.05) is 42.6 Å². The second kappa shape index (κ2) is 10.8. The molecule has 0 spiro atoms. The van der Waals surface area contributed by atoms with Crippen LogP contribution in [0.4, 0.5) is 11.5 Å². The summed E-state index contributed by atoms with van der Waals surface area (Å²) in [5.41, 5.74) is 8.52. The molecule has 6 nitrogen and oxygen atoms in total. The first-order valence-electron chi connectivity index (χ1n) is 10.4. The van der Waals surface area contributed by atoms with Crippen LogP contribution in [0.3, 0.4) is 0 Å². The Labute approximate surface area is 188 Å². The molecule has 1 atom stereocenters. The predicted molar refractivity (Wildman–Crippen MR) is 126 cm³/mol. The number of anilines is 2. The van der Waals surface area contributed by atoms with Gasteiger partial charge in [-0.15, -0.1) is 0 Å². The number of rotatable bonds is 10. The lowest BCUT2D eigenvalue weighted by molar-refractivity contribution is -0.119. The first-order valence-corrected chi connectivity index (χ1v) is 10.8. The molecule has 2 heterocycles. The van der Waals surface area contributed by atoms with Gasteiger partial charge in [-0.3, -0.25) is 9.78 Å². The highest BCUT2D eigenvalue weighted by Crippen LogP contribution is 2.24. The molecule has 0 radical (unpaired) electrons. The minimum Gasteiger partial charge on any atom is -0.368 e. The molecule has 1 amide bonds. The van der Waals surface area contributed by atoms with Gasteiger partial charge in [-0.05, 0) is 61.9 Å². The van der Waals surface area contributed by atoms with Gasteiger partial charge in [-0.25, -0.2) is 4.98 Å². The lowest BCUT2D eigenvalue weighted by atomic mass is 10.0. The molecular formula is C24H28ClN5O. The van der Waals surface area contributed by atoms with Gasteiger partial charge in [-0.1, -0.05) is 23.7 Å². The van der Waals surface area contributed by atoms with Crippen molar-refractivity contribution in [3.8, 4) is 0 Å². The van der Waals surface area contributed by atoms with Crippen LogP contribution in [-0.4, -0.2) is 35.0 Å². The van der Waals surface area contributed by atoms with E-state index in [-0.39, 0.29) is 0 Å². The summed E-state index contributed by atoms with van der Waals surface area (Å²) < 4.78 is 0. The van der Waals surface area contributed by atoms with Gasteiger partial charge in [0.25, 0.3) is 0 Å². The Morgan fingerprint density at radius 1 is 1.06 bits per heavy atom. The van der Waals surface area contributed by atoms with E-state index in [1.807, 2.05) is 59.5 Å². The molecule has 2 N–H and O–H groups in total. The van der Waals surface area contributed by atoms with Crippen LogP contribution in [0.1, 0.15) is 25.1 Å². The molecule has 162 valence electrons. The molecule has 0 aliphatic rings. The second-order valence-electron chi connectivity index (χ2n) is 7.25. The number of benzene rings is 1. The van der Waals surface area contributed by atoms with Crippen LogP contribution in [0, 0.1) is 0 Å². The SMILES string of the molecule is CCN(CC)c1cccc(CN(c2ccc(Cl)cc2)[C@@H](Cc2cccnc2)C(N)=O)n1. The predicted octanol–water partition coefficient (Wildman–Crippen LogP) is 4.08. The monoisotopic (exact) mass is 437 g/mol. The smallest absolute Gasteiger partial charge is 0.240 e. The zero-order valence-electron chi connectivity index (χ0n) is 17.9. The Kier molecular flexibility index (Phi) is 7.84. The summed E-state index contributed by atoms with van der Waals surface area (Å²) in [6.45, 7) is 6.39. The molecular weight excluding hydrogens is 410 g/mol. The minimum atomic E-state index is -0.565. The molecule has 0 fully saturated rings. The Morgan fingerprint density at radius 3 is 2.42 bits per heavy atom. The van der Waals surface area contributed by atoms with Crippen LogP contribution in [0.15, 0.2) is 67.0 Å². The third-order valence-electron chi connectivity index (χ3n) is 5.23. The fraction of sp³-hybridized carbons (Fsp3) is 0.292. The summed E-state index contributed by atoms with van der Waals surface area (Å²) in [6, 6.07) is 16.6. The Hall–Kier alpha value is -3.12. The van der Waals surface area contributed by atoms with Crippen molar-refractivity contribution in [3.05, 3.63) is 83.3 Å². The molecule has 0 aliphatic heterocycles. The number of nitrogens with two attached hydrogens (primary N) is 1. The maximum absolute atomic E-state index is 12.5. The Bertz CT molecular complexity index is 977. The average Bonchev–Trinajstić information content (AvgIpc) is 2.78. The van der Waals surface area contributed by atoms with Crippen molar-refractivity contribution in [1.29, 1.82) is 0 Å². The Morgan fingerprint density at radius 2 is 1.81 bits per heavy atom. The van der Waals surface area contributed by atoms with Gasteiger partial charge < -0.3 is 15.5 Å². The number of hydrogen-bond acceptors (Lipinski definition) is 5. The molecule has 0 unspecified atom stereocenters. The summed E-state index contributed by atoms with van der Waals surface area (Å²) in [6.07, 6.45) is 3.92. The molecule has 31 heavy (non-hydrogen) atoms. The van der Waals surface area contributed by atoms with Gasteiger partial charge in [-0.2, -0.15) is 0 Å². The van der Waals surface area contributed by atoms with Crippen molar-refractivity contribution in [2.75, 3.05) is 22.9 Å². The van der Waals surface area contributed by atoms with Crippen LogP contribution in [-0.2, 0) is 17.8 Å². The number of hydrogen-bond donors (Lipinski definition) is 1. The first-order chi connectivity index (χ1) is 15.0. The normalized spacial score (nSPS) is 11.7. The van der Waals surface area contributed by atoms with E-state index < -0.39 is 11.9 Å².